The fraction of sp³-hybridized carbons (Fsp3) is 0.200. The molecule has 0 unspecified atom stereocenters. The van der Waals surface area contributed by atoms with E-state index in [1.807, 2.05) is 0 Å². The van der Waals surface area contributed by atoms with Gasteiger partial charge in [-0.15, -0.1) is 0 Å². The first-order valence-corrected chi connectivity index (χ1v) is 4.36. The molecule has 0 aliphatic carbocycles. The molecule has 0 aromatic heterocycles. The summed E-state index contributed by atoms with van der Waals surface area (Å²) in [6.45, 7) is 5.32. The van der Waals surface area contributed by atoms with Gasteiger partial charge in [0.15, 0.2) is 0 Å². The van der Waals surface area contributed by atoms with Gasteiger partial charge in [-0.25, -0.2) is 0 Å². The minimum atomic E-state index is -0.443. The van der Waals surface area contributed by atoms with Crippen molar-refractivity contribution in [1.82, 2.24) is 0 Å². The molecule has 0 spiro atoms. The van der Waals surface area contributed by atoms with Crippen LogP contribution >= 0.6 is 0 Å². The number of non-ortho nitro benzene ring substituents is 1. The van der Waals surface area contributed by atoms with Gasteiger partial charge in [-0.3, -0.25) is 10.1 Å². The van der Waals surface area contributed by atoms with Crippen molar-refractivity contribution >= 4 is 11.4 Å². The first-order chi connectivity index (χ1) is 7.00. The Hall–Kier alpha value is -2.04. The van der Waals surface area contributed by atoms with Crippen LogP contribution in [0.25, 0.3) is 0 Å². The lowest BCUT2D eigenvalue weighted by molar-refractivity contribution is -0.384. The van der Waals surface area contributed by atoms with Crippen molar-refractivity contribution < 1.29 is 10.0 Å². The maximum atomic E-state index is 10.5. The summed E-state index contributed by atoms with van der Waals surface area (Å²) in [4.78, 5) is 10.0. The number of hydrogen-bond acceptors (Lipinski definition) is 4. The molecule has 0 fully saturated rings. The molecule has 0 aliphatic heterocycles. The Bertz CT molecular complexity index is 402. The van der Waals surface area contributed by atoms with E-state index in [-0.39, 0.29) is 18.0 Å². The number of nitrogens with zero attached hydrogens (tertiary/aromatic N) is 1. The maximum Gasteiger partial charge on any atom is 0.269 e. The normalized spacial score (nSPS) is 9.67. The number of benzene rings is 1. The molecule has 0 radical (unpaired) electrons. The number of aliphatic hydroxyl groups excluding tert-OH is 1. The van der Waals surface area contributed by atoms with Crippen LogP contribution in [0.4, 0.5) is 11.4 Å². The van der Waals surface area contributed by atoms with Crippen LogP contribution in [0.15, 0.2) is 30.5 Å². The second kappa shape index (κ2) is 4.45. The van der Waals surface area contributed by atoms with Gasteiger partial charge in [0, 0.05) is 17.8 Å². The smallest absolute Gasteiger partial charge is 0.269 e. The van der Waals surface area contributed by atoms with E-state index in [2.05, 4.69) is 11.9 Å². The lowest BCUT2D eigenvalue weighted by Gasteiger charge is -2.07. The van der Waals surface area contributed by atoms with E-state index in [4.69, 9.17) is 5.11 Å². The molecule has 1 rings (SSSR count). The third kappa shape index (κ3) is 2.98. The molecule has 0 atom stereocenters. The third-order valence-corrected chi connectivity index (χ3v) is 1.90. The lowest BCUT2D eigenvalue weighted by atomic mass is 10.2. The largest absolute Gasteiger partial charge is 0.511 e. The van der Waals surface area contributed by atoms with E-state index < -0.39 is 4.92 Å². The highest BCUT2D eigenvalue weighted by Gasteiger charge is 2.07. The van der Waals surface area contributed by atoms with Crippen LogP contribution in [0.1, 0.15) is 5.56 Å². The fourth-order valence-electron chi connectivity index (χ4n) is 1.16. The number of nitrogens with one attached hydrogen (secondary N) is 1. The van der Waals surface area contributed by atoms with Gasteiger partial charge in [0.1, 0.15) is 5.76 Å². The third-order valence-electron chi connectivity index (χ3n) is 1.90. The average molecular weight is 208 g/mol. The van der Waals surface area contributed by atoms with Crippen molar-refractivity contribution in [3.8, 4) is 0 Å². The number of rotatable bonds is 4. The summed E-state index contributed by atoms with van der Waals surface area (Å²) in [5.74, 6) is 0.0211. The zero-order valence-electron chi connectivity index (χ0n) is 8.36. The highest BCUT2D eigenvalue weighted by atomic mass is 16.6. The Labute approximate surface area is 87.2 Å². The SMILES string of the molecule is C=C(O)CNc1ccc([N+](=O)[O-])cc1C. The number of hydrogen-bond donors (Lipinski definition) is 2. The molecule has 80 valence electrons. The van der Waals surface area contributed by atoms with Gasteiger partial charge in [0.2, 0.25) is 0 Å². The molecule has 0 amide bonds. The van der Waals surface area contributed by atoms with Crippen LogP contribution in [-0.2, 0) is 0 Å². The first-order valence-electron chi connectivity index (χ1n) is 4.36. The van der Waals surface area contributed by atoms with E-state index in [1.54, 1.807) is 13.0 Å². The molecule has 1 aromatic rings. The number of nitro groups is 1. The molecule has 2 N–H and O–H groups in total. The van der Waals surface area contributed by atoms with Gasteiger partial charge in [0.05, 0.1) is 11.5 Å². The average Bonchev–Trinajstić information content (AvgIpc) is 2.15. The Morgan fingerprint density at radius 1 is 1.67 bits per heavy atom. The van der Waals surface area contributed by atoms with Crippen LogP contribution < -0.4 is 5.32 Å². The van der Waals surface area contributed by atoms with Crippen molar-refractivity contribution in [2.24, 2.45) is 0 Å². The van der Waals surface area contributed by atoms with Crippen LogP contribution in [0.2, 0.25) is 0 Å². The summed E-state index contributed by atoms with van der Waals surface area (Å²) < 4.78 is 0. The molecule has 5 nitrogen and oxygen atoms in total. The van der Waals surface area contributed by atoms with Gasteiger partial charge in [-0.2, -0.15) is 0 Å². The predicted octanol–water partition coefficient (Wildman–Crippen LogP) is 2.39. The molecule has 0 bridgehead atoms. The van der Waals surface area contributed by atoms with E-state index in [9.17, 15) is 10.1 Å². The zero-order valence-corrected chi connectivity index (χ0v) is 8.36. The molecule has 0 saturated carbocycles. The Morgan fingerprint density at radius 3 is 2.80 bits per heavy atom. The highest BCUT2D eigenvalue weighted by molar-refractivity contribution is 5.55. The zero-order chi connectivity index (χ0) is 11.4. The van der Waals surface area contributed by atoms with E-state index in [0.29, 0.717) is 0 Å². The molecular weight excluding hydrogens is 196 g/mol. The minimum Gasteiger partial charge on any atom is -0.511 e. The number of aryl methyl sites for hydroxylation is 1. The summed E-state index contributed by atoms with van der Waals surface area (Å²) in [6, 6.07) is 4.49. The summed E-state index contributed by atoms with van der Waals surface area (Å²) in [5.41, 5.74) is 1.56. The summed E-state index contributed by atoms with van der Waals surface area (Å²) in [7, 11) is 0. The summed E-state index contributed by atoms with van der Waals surface area (Å²) >= 11 is 0. The quantitative estimate of drug-likeness (QED) is 0.452. The molecule has 15 heavy (non-hydrogen) atoms. The van der Waals surface area contributed by atoms with Crippen molar-refractivity contribution in [3.05, 3.63) is 46.2 Å². The van der Waals surface area contributed by atoms with Gasteiger partial charge in [0.25, 0.3) is 5.69 Å². The van der Waals surface area contributed by atoms with E-state index in [1.165, 1.54) is 12.1 Å². The van der Waals surface area contributed by atoms with Crippen LogP contribution in [-0.4, -0.2) is 16.6 Å². The Kier molecular flexibility index (Phi) is 3.28. The molecule has 1 aromatic carbocycles. The molecule has 5 heteroatoms. The van der Waals surface area contributed by atoms with Gasteiger partial charge < -0.3 is 10.4 Å². The summed E-state index contributed by atoms with van der Waals surface area (Å²) in [5, 5.41) is 22.3. The minimum absolute atomic E-state index is 0.0211. The van der Waals surface area contributed by atoms with Crippen molar-refractivity contribution in [3.63, 3.8) is 0 Å². The van der Waals surface area contributed by atoms with Gasteiger partial charge in [-0.05, 0) is 18.6 Å². The van der Waals surface area contributed by atoms with Gasteiger partial charge >= 0.3 is 0 Å². The Balaban J connectivity index is 2.83. The second-order valence-corrected chi connectivity index (χ2v) is 3.18. The van der Waals surface area contributed by atoms with Gasteiger partial charge in [-0.1, -0.05) is 6.58 Å². The van der Waals surface area contributed by atoms with Crippen LogP contribution in [0.5, 0.6) is 0 Å². The fourth-order valence-corrected chi connectivity index (χ4v) is 1.16. The predicted molar refractivity (Wildman–Crippen MR) is 58.1 cm³/mol. The summed E-state index contributed by atoms with van der Waals surface area (Å²) in [6.07, 6.45) is 0. The molecule has 0 saturated heterocycles. The highest BCUT2D eigenvalue weighted by Crippen LogP contribution is 2.20. The van der Waals surface area contributed by atoms with Crippen LogP contribution in [0.3, 0.4) is 0 Å². The Morgan fingerprint density at radius 2 is 2.33 bits per heavy atom. The second-order valence-electron chi connectivity index (χ2n) is 3.18. The standard InChI is InChI=1S/C10H12N2O3/c1-7-5-9(12(14)15)3-4-10(7)11-6-8(2)13/h3-5,11,13H,2,6H2,1H3. The van der Waals surface area contributed by atoms with E-state index >= 15 is 0 Å². The van der Waals surface area contributed by atoms with Crippen LogP contribution in [0, 0.1) is 17.0 Å². The molecule has 0 heterocycles. The molecule has 0 aliphatic rings. The van der Waals surface area contributed by atoms with Crippen molar-refractivity contribution in [1.29, 1.82) is 0 Å². The maximum absolute atomic E-state index is 10.5. The van der Waals surface area contributed by atoms with Crippen molar-refractivity contribution in [2.45, 2.75) is 6.92 Å². The van der Waals surface area contributed by atoms with Crippen molar-refractivity contribution in [2.75, 3.05) is 11.9 Å². The topological polar surface area (TPSA) is 75.4 Å². The first kappa shape index (κ1) is 11.0. The van der Waals surface area contributed by atoms with E-state index in [0.717, 1.165) is 11.3 Å². The molecular formula is C10H12N2O3. The number of anilines is 1. The lowest BCUT2D eigenvalue weighted by Crippen LogP contribution is -2.04. The number of aliphatic hydroxyl groups is 1. The number of nitro benzene ring substituents is 1. The monoisotopic (exact) mass is 208 g/mol.